The quantitative estimate of drug-likeness (QED) is 0.379. The second kappa shape index (κ2) is 9.61. The lowest BCUT2D eigenvalue weighted by molar-refractivity contribution is 0.581. The van der Waals surface area contributed by atoms with Crippen molar-refractivity contribution in [2.45, 2.75) is 37.5 Å². The summed E-state index contributed by atoms with van der Waals surface area (Å²) in [6.07, 6.45) is 1.60. The van der Waals surface area contributed by atoms with Crippen molar-refractivity contribution < 1.29 is 14.3 Å². The maximum Gasteiger partial charge on any atom is 0.268 e. The average Bonchev–Trinajstić information content (AvgIpc) is 3.30. The van der Waals surface area contributed by atoms with E-state index in [0.29, 0.717) is 28.5 Å². The van der Waals surface area contributed by atoms with Gasteiger partial charge >= 0.3 is 0 Å². The lowest BCUT2D eigenvalue weighted by Gasteiger charge is -2.11. The van der Waals surface area contributed by atoms with Gasteiger partial charge in [0.25, 0.3) is 5.89 Å². The highest BCUT2D eigenvalue weighted by Gasteiger charge is 2.23. The van der Waals surface area contributed by atoms with Gasteiger partial charge in [0.15, 0.2) is 9.84 Å². The van der Waals surface area contributed by atoms with Crippen LogP contribution in [0.3, 0.4) is 0 Å². The van der Waals surface area contributed by atoms with Crippen molar-refractivity contribution in [3.05, 3.63) is 64.9 Å². The van der Waals surface area contributed by atoms with Gasteiger partial charge in [0.1, 0.15) is 5.69 Å². The van der Waals surface area contributed by atoms with Crippen LogP contribution in [0, 0.1) is 6.92 Å². The van der Waals surface area contributed by atoms with Crippen LogP contribution < -0.4 is 5.32 Å². The third-order valence-corrected chi connectivity index (χ3v) is 7.95. The first-order valence-corrected chi connectivity index (χ1v) is 12.6. The number of hydrogen-bond donors (Lipinski definition) is 1. The van der Waals surface area contributed by atoms with E-state index in [2.05, 4.69) is 25.5 Å². The van der Waals surface area contributed by atoms with Crippen LogP contribution in [-0.4, -0.2) is 40.9 Å². The summed E-state index contributed by atoms with van der Waals surface area (Å²) in [5.74, 6) is 0.621. The summed E-state index contributed by atoms with van der Waals surface area (Å²) in [7, 11) is -1.60. The van der Waals surface area contributed by atoms with Crippen molar-refractivity contribution in [3.63, 3.8) is 0 Å². The molecule has 2 aromatic heterocycles. The van der Waals surface area contributed by atoms with E-state index < -0.39 is 15.1 Å². The first kappa shape index (κ1) is 24.0. The SMILES string of the molecule is CNCc1ccc(-c2nnc(-c3nc(-c4ccc(S(=O)(=O)C(C)C)c(Cl)c4)cnc3C)o2)cc1.[HH]. The molecule has 4 aromatic rings. The number of aryl methyl sites for hydroxylation is 1. The van der Waals surface area contributed by atoms with E-state index in [9.17, 15) is 8.42 Å². The molecule has 0 bridgehead atoms. The fourth-order valence-corrected chi connectivity index (χ4v) is 4.94. The van der Waals surface area contributed by atoms with Crippen molar-refractivity contribution in [1.29, 1.82) is 0 Å². The third kappa shape index (κ3) is 4.72. The Hall–Kier alpha value is -3.14. The van der Waals surface area contributed by atoms with Crippen molar-refractivity contribution in [2.75, 3.05) is 7.05 Å². The van der Waals surface area contributed by atoms with Crippen molar-refractivity contribution in [2.24, 2.45) is 0 Å². The van der Waals surface area contributed by atoms with E-state index in [1.807, 2.05) is 31.3 Å². The lowest BCUT2D eigenvalue weighted by atomic mass is 10.1. The number of benzene rings is 2. The molecule has 0 spiro atoms. The van der Waals surface area contributed by atoms with Gasteiger partial charge < -0.3 is 9.73 Å². The van der Waals surface area contributed by atoms with Crippen LogP contribution in [0.25, 0.3) is 34.3 Å². The Kier molecular flexibility index (Phi) is 6.79. The standard InChI is InChI=1S/C24H24ClN5O3S.H2/c1-14(2)34(31,32)21-10-9-18(11-19(21)25)20-13-27-15(3)22(28-20)24-30-29-23(33-24)17-7-5-16(6-8-17)12-26-4;/h5-11,13-14,26H,12H2,1-4H3;1H. The number of rotatable bonds is 7. The van der Waals surface area contributed by atoms with Gasteiger partial charge in [-0.25, -0.2) is 13.4 Å². The Labute approximate surface area is 204 Å². The molecule has 0 aliphatic heterocycles. The van der Waals surface area contributed by atoms with Gasteiger partial charge in [-0.05, 0) is 57.6 Å². The van der Waals surface area contributed by atoms with Crippen molar-refractivity contribution in [3.8, 4) is 34.3 Å². The van der Waals surface area contributed by atoms with Crippen LogP contribution in [0.1, 0.15) is 26.5 Å². The zero-order valence-electron chi connectivity index (χ0n) is 19.2. The molecule has 34 heavy (non-hydrogen) atoms. The Morgan fingerprint density at radius 1 is 1.06 bits per heavy atom. The molecule has 2 aromatic carbocycles. The highest BCUT2D eigenvalue weighted by atomic mass is 35.5. The fourth-order valence-electron chi connectivity index (χ4n) is 3.34. The van der Waals surface area contributed by atoms with E-state index in [1.165, 1.54) is 6.07 Å². The van der Waals surface area contributed by atoms with E-state index in [1.54, 1.807) is 39.1 Å². The minimum atomic E-state index is -3.50. The first-order valence-electron chi connectivity index (χ1n) is 10.7. The molecule has 0 unspecified atom stereocenters. The van der Waals surface area contributed by atoms with Crippen LogP contribution in [0.4, 0.5) is 0 Å². The Balaban J connectivity index is 0.00000342. The minimum Gasteiger partial charge on any atom is -0.415 e. The van der Waals surface area contributed by atoms with Gasteiger partial charge in [0.05, 0.1) is 32.8 Å². The maximum atomic E-state index is 12.5. The summed E-state index contributed by atoms with van der Waals surface area (Å²) in [6.45, 7) is 5.80. The molecule has 0 aliphatic rings. The molecular formula is C24H26ClN5O3S. The Morgan fingerprint density at radius 3 is 2.38 bits per heavy atom. The lowest BCUT2D eigenvalue weighted by Crippen LogP contribution is -2.14. The molecule has 0 saturated carbocycles. The summed E-state index contributed by atoms with van der Waals surface area (Å²) < 4.78 is 30.9. The predicted octanol–water partition coefficient (Wildman–Crippen LogP) is 4.97. The number of hydrogen-bond acceptors (Lipinski definition) is 8. The van der Waals surface area contributed by atoms with E-state index in [0.717, 1.165) is 17.7 Å². The van der Waals surface area contributed by atoms with Crippen molar-refractivity contribution in [1.82, 2.24) is 25.5 Å². The zero-order chi connectivity index (χ0) is 24.5. The topological polar surface area (TPSA) is 111 Å². The summed E-state index contributed by atoms with van der Waals surface area (Å²) >= 11 is 6.33. The molecule has 178 valence electrons. The van der Waals surface area contributed by atoms with E-state index >= 15 is 0 Å². The van der Waals surface area contributed by atoms with Crippen LogP contribution in [0.2, 0.25) is 5.02 Å². The van der Waals surface area contributed by atoms with Crippen molar-refractivity contribution >= 4 is 21.4 Å². The Morgan fingerprint density at radius 2 is 1.74 bits per heavy atom. The number of nitrogens with one attached hydrogen (secondary N) is 1. The van der Waals surface area contributed by atoms with Crippen LogP contribution in [-0.2, 0) is 16.4 Å². The number of sulfone groups is 1. The summed E-state index contributed by atoms with van der Waals surface area (Å²) in [6, 6.07) is 12.6. The number of aromatic nitrogens is 4. The highest BCUT2D eigenvalue weighted by molar-refractivity contribution is 7.92. The molecule has 4 rings (SSSR count). The third-order valence-electron chi connectivity index (χ3n) is 5.32. The van der Waals surface area contributed by atoms with E-state index in [4.69, 9.17) is 16.0 Å². The summed E-state index contributed by atoms with van der Waals surface area (Å²) in [4.78, 5) is 9.16. The first-order chi connectivity index (χ1) is 16.2. The summed E-state index contributed by atoms with van der Waals surface area (Å²) in [5, 5.41) is 11.0. The molecule has 1 N–H and O–H groups in total. The Bertz CT molecular complexity index is 1440. The minimum absolute atomic E-state index is 0. The van der Waals surface area contributed by atoms with Gasteiger partial charge in [-0.1, -0.05) is 29.8 Å². The second-order valence-corrected chi connectivity index (χ2v) is 10.9. The monoisotopic (exact) mass is 499 g/mol. The molecule has 8 nitrogen and oxygen atoms in total. The van der Waals surface area contributed by atoms with Crippen LogP contribution in [0.5, 0.6) is 0 Å². The summed E-state index contributed by atoms with van der Waals surface area (Å²) in [5.41, 5.74) is 4.14. The second-order valence-electron chi connectivity index (χ2n) is 8.07. The molecule has 10 heteroatoms. The van der Waals surface area contributed by atoms with E-state index in [-0.39, 0.29) is 17.2 Å². The average molecular weight is 500 g/mol. The highest BCUT2D eigenvalue weighted by Crippen LogP contribution is 2.31. The zero-order valence-corrected chi connectivity index (χ0v) is 20.8. The van der Waals surface area contributed by atoms with Gasteiger partial charge in [0, 0.05) is 19.1 Å². The molecule has 0 amide bonds. The molecule has 0 aliphatic carbocycles. The smallest absolute Gasteiger partial charge is 0.268 e. The number of halogens is 1. The fraction of sp³-hybridized carbons (Fsp3) is 0.250. The van der Waals surface area contributed by atoms with Gasteiger partial charge in [0.2, 0.25) is 5.89 Å². The predicted molar refractivity (Wildman–Crippen MR) is 133 cm³/mol. The largest absolute Gasteiger partial charge is 0.415 e. The normalized spacial score (nSPS) is 11.8. The maximum absolute atomic E-state index is 12.5. The van der Waals surface area contributed by atoms with Crippen LogP contribution in [0.15, 0.2) is 58.0 Å². The van der Waals surface area contributed by atoms with Gasteiger partial charge in [-0.2, -0.15) is 0 Å². The molecule has 0 radical (unpaired) electrons. The molecule has 2 heterocycles. The van der Waals surface area contributed by atoms with Crippen LogP contribution >= 0.6 is 11.6 Å². The molecule has 0 atom stereocenters. The molecule has 0 saturated heterocycles. The van der Waals surface area contributed by atoms with Gasteiger partial charge in [-0.15, -0.1) is 10.2 Å². The van der Waals surface area contributed by atoms with Gasteiger partial charge in [-0.3, -0.25) is 4.98 Å². The number of nitrogens with zero attached hydrogens (tertiary/aromatic N) is 4. The molecular weight excluding hydrogens is 474 g/mol. The molecule has 0 fully saturated rings.